The highest BCUT2D eigenvalue weighted by molar-refractivity contribution is 5.97. The van der Waals surface area contributed by atoms with Crippen molar-refractivity contribution < 1.29 is 19.4 Å². The predicted molar refractivity (Wildman–Crippen MR) is 108 cm³/mol. The Kier molecular flexibility index (Phi) is 7.56. The first-order valence-electron chi connectivity index (χ1n) is 9.01. The van der Waals surface area contributed by atoms with E-state index < -0.39 is 11.9 Å². The van der Waals surface area contributed by atoms with Crippen molar-refractivity contribution in [2.45, 2.75) is 26.3 Å². The summed E-state index contributed by atoms with van der Waals surface area (Å²) in [7, 11) is 1.55. The first-order chi connectivity index (χ1) is 13.4. The van der Waals surface area contributed by atoms with Crippen LogP contribution in [0, 0.1) is 5.92 Å². The Morgan fingerprint density at radius 3 is 2.36 bits per heavy atom. The number of phenols is 1. The van der Waals surface area contributed by atoms with Crippen LogP contribution >= 0.6 is 0 Å². The Balaban J connectivity index is 2.03. The summed E-state index contributed by atoms with van der Waals surface area (Å²) in [6, 6.07) is 12.3. The molecule has 148 valence electrons. The molecule has 7 nitrogen and oxygen atoms in total. The van der Waals surface area contributed by atoms with Crippen LogP contribution in [0.3, 0.4) is 0 Å². The van der Waals surface area contributed by atoms with Gasteiger partial charge in [0.1, 0.15) is 17.5 Å². The van der Waals surface area contributed by atoms with E-state index in [1.165, 1.54) is 18.3 Å². The summed E-state index contributed by atoms with van der Waals surface area (Å²) in [5.74, 6) is -0.0153. The van der Waals surface area contributed by atoms with E-state index >= 15 is 0 Å². The molecule has 0 spiro atoms. The summed E-state index contributed by atoms with van der Waals surface area (Å²) in [6.07, 6.45) is 2.18. The van der Waals surface area contributed by atoms with Crippen molar-refractivity contribution in [2.24, 2.45) is 11.0 Å². The van der Waals surface area contributed by atoms with Gasteiger partial charge in [-0.1, -0.05) is 20.3 Å². The second-order valence-corrected chi connectivity index (χ2v) is 6.39. The lowest BCUT2D eigenvalue weighted by Crippen LogP contribution is -2.49. The summed E-state index contributed by atoms with van der Waals surface area (Å²) in [6.45, 7) is 3.84. The van der Waals surface area contributed by atoms with E-state index in [2.05, 4.69) is 15.8 Å². The minimum absolute atomic E-state index is 0.0777. The number of hydrogen-bond donors (Lipinski definition) is 3. The van der Waals surface area contributed by atoms with E-state index in [0.717, 1.165) is 5.56 Å². The molecular formula is C21H25N3O4. The van der Waals surface area contributed by atoms with Gasteiger partial charge < -0.3 is 15.2 Å². The zero-order valence-electron chi connectivity index (χ0n) is 16.2. The van der Waals surface area contributed by atoms with Gasteiger partial charge in [0.2, 0.25) is 0 Å². The molecule has 0 aliphatic heterocycles. The van der Waals surface area contributed by atoms with Gasteiger partial charge in [-0.3, -0.25) is 9.59 Å². The Labute approximate surface area is 164 Å². The number of carbonyl (C=O) groups excluding carboxylic acids is 2. The number of ether oxygens (including phenoxy) is 1. The standard InChI is InChI=1S/C21H25N3O4/c1-4-14(2)19(23-20(26)16-7-11-18(28-3)12-8-16)21(27)24-22-13-15-5-9-17(25)10-6-15/h5-14,19,25H,4H2,1-3H3,(H,23,26)(H,24,27)/b22-13+/t14?,19-/m0/s1. The monoisotopic (exact) mass is 383 g/mol. The van der Waals surface area contributed by atoms with Gasteiger partial charge in [-0.25, -0.2) is 5.43 Å². The highest BCUT2D eigenvalue weighted by atomic mass is 16.5. The van der Waals surface area contributed by atoms with Crippen molar-refractivity contribution in [1.29, 1.82) is 0 Å². The Morgan fingerprint density at radius 1 is 1.14 bits per heavy atom. The molecule has 0 fully saturated rings. The van der Waals surface area contributed by atoms with E-state index in [1.54, 1.807) is 43.5 Å². The first kappa shape index (κ1) is 21.0. The van der Waals surface area contributed by atoms with Crippen LogP contribution in [0.4, 0.5) is 0 Å². The van der Waals surface area contributed by atoms with E-state index in [-0.39, 0.29) is 17.6 Å². The molecule has 7 heteroatoms. The third-order valence-corrected chi connectivity index (χ3v) is 4.42. The number of aromatic hydroxyl groups is 1. The molecular weight excluding hydrogens is 358 g/mol. The number of nitrogens with one attached hydrogen (secondary N) is 2. The fourth-order valence-electron chi connectivity index (χ4n) is 2.47. The van der Waals surface area contributed by atoms with Crippen molar-refractivity contribution >= 4 is 18.0 Å². The fourth-order valence-corrected chi connectivity index (χ4v) is 2.47. The summed E-state index contributed by atoms with van der Waals surface area (Å²) >= 11 is 0. The number of methoxy groups -OCH3 is 1. The van der Waals surface area contributed by atoms with Crippen LogP contribution < -0.4 is 15.5 Å². The van der Waals surface area contributed by atoms with Gasteiger partial charge in [0.25, 0.3) is 11.8 Å². The van der Waals surface area contributed by atoms with Crippen LogP contribution in [-0.4, -0.2) is 36.3 Å². The van der Waals surface area contributed by atoms with Gasteiger partial charge in [-0.15, -0.1) is 0 Å². The molecule has 2 aromatic rings. The molecule has 2 amide bonds. The van der Waals surface area contributed by atoms with Crippen molar-refractivity contribution in [1.82, 2.24) is 10.7 Å². The molecule has 2 atom stereocenters. The Morgan fingerprint density at radius 2 is 1.79 bits per heavy atom. The first-order valence-corrected chi connectivity index (χ1v) is 9.01. The van der Waals surface area contributed by atoms with Crippen LogP contribution in [0.25, 0.3) is 0 Å². The van der Waals surface area contributed by atoms with Gasteiger partial charge in [-0.2, -0.15) is 5.10 Å². The van der Waals surface area contributed by atoms with Crippen LogP contribution in [0.1, 0.15) is 36.2 Å². The molecule has 0 aliphatic carbocycles. The Bertz CT molecular complexity index is 817. The van der Waals surface area contributed by atoms with Crippen LogP contribution in [0.15, 0.2) is 53.6 Å². The van der Waals surface area contributed by atoms with E-state index in [9.17, 15) is 14.7 Å². The van der Waals surface area contributed by atoms with Gasteiger partial charge in [0.05, 0.1) is 13.3 Å². The second kappa shape index (κ2) is 10.1. The molecule has 3 N–H and O–H groups in total. The van der Waals surface area contributed by atoms with Gasteiger partial charge >= 0.3 is 0 Å². The summed E-state index contributed by atoms with van der Waals surface area (Å²) in [4.78, 5) is 25.1. The number of nitrogens with zero attached hydrogens (tertiary/aromatic N) is 1. The number of hydrogen-bond acceptors (Lipinski definition) is 5. The molecule has 0 radical (unpaired) electrons. The number of hydrazone groups is 1. The summed E-state index contributed by atoms with van der Waals surface area (Å²) in [5.41, 5.74) is 3.63. The lowest BCUT2D eigenvalue weighted by molar-refractivity contribution is -0.124. The molecule has 28 heavy (non-hydrogen) atoms. The molecule has 1 unspecified atom stereocenters. The van der Waals surface area contributed by atoms with Crippen LogP contribution in [-0.2, 0) is 4.79 Å². The SMILES string of the molecule is CCC(C)[C@H](NC(=O)c1ccc(OC)cc1)C(=O)N/N=C/c1ccc(O)cc1. The largest absolute Gasteiger partial charge is 0.508 e. The molecule has 2 aromatic carbocycles. The zero-order valence-corrected chi connectivity index (χ0v) is 16.2. The lowest BCUT2D eigenvalue weighted by Gasteiger charge is -2.22. The van der Waals surface area contributed by atoms with Crippen LogP contribution in [0.2, 0.25) is 0 Å². The Hall–Kier alpha value is -3.35. The molecule has 0 aliphatic rings. The predicted octanol–water partition coefficient (Wildman–Crippen LogP) is 2.70. The third kappa shape index (κ3) is 5.84. The number of carbonyl (C=O) groups is 2. The van der Waals surface area contributed by atoms with E-state index in [4.69, 9.17) is 4.74 Å². The second-order valence-electron chi connectivity index (χ2n) is 6.39. The van der Waals surface area contributed by atoms with Crippen molar-refractivity contribution in [2.75, 3.05) is 7.11 Å². The average Bonchev–Trinajstić information content (AvgIpc) is 2.72. The highest BCUT2D eigenvalue weighted by Gasteiger charge is 2.26. The van der Waals surface area contributed by atoms with Crippen molar-refractivity contribution in [3.05, 3.63) is 59.7 Å². The smallest absolute Gasteiger partial charge is 0.262 e. The number of rotatable bonds is 8. The number of phenolic OH excluding ortho intramolecular Hbond substituents is 1. The molecule has 2 rings (SSSR count). The molecule has 0 heterocycles. The summed E-state index contributed by atoms with van der Waals surface area (Å²) < 4.78 is 5.09. The molecule has 0 saturated heterocycles. The maximum absolute atomic E-state index is 12.6. The number of benzene rings is 2. The highest BCUT2D eigenvalue weighted by Crippen LogP contribution is 2.13. The zero-order chi connectivity index (χ0) is 20.5. The normalized spacial score (nSPS) is 13.0. The van der Waals surface area contributed by atoms with Gasteiger partial charge in [0, 0.05) is 5.56 Å². The van der Waals surface area contributed by atoms with E-state index in [0.29, 0.717) is 17.7 Å². The van der Waals surface area contributed by atoms with Gasteiger partial charge in [0.15, 0.2) is 0 Å². The molecule has 0 bridgehead atoms. The minimum atomic E-state index is -0.725. The van der Waals surface area contributed by atoms with Crippen LogP contribution in [0.5, 0.6) is 11.5 Å². The van der Waals surface area contributed by atoms with E-state index in [1.807, 2.05) is 13.8 Å². The maximum atomic E-state index is 12.6. The molecule has 0 saturated carbocycles. The van der Waals surface area contributed by atoms with Crippen molar-refractivity contribution in [3.63, 3.8) is 0 Å². The van der Waals surface area contributed by atoms with Crippen molar-refractivity contribution in [3.8, 4) is 11.5 Å². The molecule has 0 aromatic heterocycles. The lowest BCUT2D eigenvalue weighted by atomic mass is 9.98. The third-order valence-electron chi connectivity index (χ3n) is 4.42. The minimum Gasteiger partial charge on any atom is -0.508 e. The summed E-state index contributed by atoms with van der Waals surface area (Å²) in [5, 5.41) is 16.0. The number of amides is 2. The average molecular weight is 383 g/mol. The van der Waals surface area contributed by atoms with Gasteiger partial charge in [-0.05, 0) is 60.0 Å². The maximum Gasteiger partial charge on any atom is 0.262 e. The topological polar surface area (TPSA) is 100 Å². The quantitative estimate of drug-likeness (QED) is 0.482. The fraction of sp³-hybridized carbons (Fsp3) is 0.286.